The number of aromatic nitrogens is 2. The molecule has 0 aliphatic carbocycles. The fourth-order valence-corrected chi connectivity index (χ4v) is 2.76. The number of hydrogen-bond acceptors (Lipinski definition) is 3. The van der Waals surface area contributed by atoms with E-state index in [1.807, 2.05) is 60.8 Å². The molecule has 0 saturated heterocycles. The molecule has 29 heavy (non-hydrogen) atoms. The molecule has 3 N–H and O–H groups in total. The summed E-state index contributed by atoms with van der Waals surface area (Å²) < 4.78 is 1.75. The predicted molar refractivity (Wildman–Crippen MR) is 121 cm³/mol. The molecule has 1 aromatic heterocycles. The van der Waals surface area contributed by atoms with Crippen LogP contribution < -0.4 is 16.2 Å². The number of hydrazine groups is 1. The van der Waals surface area contributed by atoms with Crippen LogP contribution in [-0.4, -0.2) is 20.8 Å². The first-order valence-corrected chi connectivity index (χ1v) is 9.67. The van der Waals surface area contributed by atoms with Gasteiger partial charge in [-0.1, -0.05) is 44.2 Å². The van der Waals surface area contributed by atoms with E-state index in [1.165, 1.54) is 11.6 Å². The summed E-state index contributed by atoms with van der Waals surface area (Å²) in [6, 6.07) is 17.8. The van der Waals surface area contributed by atoms with Crippen molar-refractivity contribution in [3.63, 3.8) is 0 Å². The maximum absolute atomic E-state index is 12.0. The Morgan fingerprint density at radius 1 is 1.07 bits per heavy atom. The normalized spacial score (nSPS) is 10.9. The molecule has 1 amide bonds. The highest BCUT2D eigenvalue weighted by molar-refractivity contribution is 7.80. The maximum Gasteiger partial charge on any atom is 0.262 e. The minimum Gasteiger partial charge on any atom is -0.331 e. The van der Waals surface area contributed by atoms with Crippen LogP contribution in [0.5, 0.6) is 0 Å². The third-order valence-electron chi connectivity index (χ3n) is 4.18. The second-order valence-electron chi connectivity index (χ2n) is 6.73. The molecule has 3 aromatic rings. The first kappa shape index (κ1) is 20.3. The molecule has 0 radical (unpaired) electrons. The summed E-state index contributed by atoms with van der Waals surface area (Å²) in [7, 11) is 0. The maximum atomic E-state index is 12.0. The zero-order valence-corrected chi connectivity index (χ0v) is 17.1. The first-order valence-electron chi connectivity index (χ1n) is 9.26. The van der Waals surface area contributed by atoms with Gasteiger partial charge in [0.15, 0.2) is 5.11 Å². The second kappa shape index (κ2) is 9.66. The van der Waals surface area contributed by atoms with Crippen LogP contribution >= 0.6 is 12.2 Å². The van der Waals surface area contributed by atoms with Gasteiger partial charge in [-0.2, -0.15) is 5.10 Å². The van der Waals surface area contributed by atoms with Crippen molar-refractivity contribution in [3.05, 3.63) is 84.2 Å². The standard InChI is InChI=1S/C22H23N5OS/c1-16(2)18-9-11-19(12-10-18)24-22(29)26-25-21(28)13-8-17-14-23-27(15-17)20-6-4-3-5-7-20/h3-16H,1-2H3,(H,25,28)(H2,24,26,29)/b13-8+. The minimum atomic E-state index is -0.322. The summed E-state index contributed by atoms with van der Waals surface area (Å²) in [6.45, 7) is 4.29. The Morgan fingerprint density at radius 3 is 2.48 bits per heavy atom. The topological polar surface area (TPSA) is 71.0 Å². The van der Waals surface area contributed by atoms with Gasteiger partial charge >= 0.3 is 0 Å². The predicted octanol–water partition coefficient (Wildman–Crippen LogP) is 4.03. The number of carbonyl (C=O) groups excluding carboxylic acids is 1. The number of rotatable bonds is 5. The highest BCUT2D eigenvalue weighted by Gasteiger charge is 2.02. The zero-order chi connectivity index (χ0) is 20.6. The fraction of sp³-hybridized carbons (Fsp3) is 0.136. The molecule has 6 nitrogen and oxygen atoms in total. The number of nitrogens with one attached hydrogen (secondary N) is 3. The SMILES string of the molecule is CC(C)c1ccc(NC(=S)NNC(=O)/C=C/c2cnn(-c3ccccc3)c2)cc1. The third-order valence-corrected chi connectivity index (χ3v) is 4.39. The van der Waals surface area contributed by atoms with Crippen LogP contribution in [0.1, 0.15) is 30.9 Å². The van der Waals surface area contributed by atoms with E-state index in [9.17, 15) is 4.79 Å². The van der Waals surface area contributed by atoms with Crippen LogP contribution in [0, 0.1) is 0 Å². The molecule has 0 saturated carbocycles. The highest BCUT2D eigenvalue weighted by Crippen LogP contribution is 2.17. The van der Waals surface area contributed by atoms with Crippen molar-refractivity contribution in [1.82, 2.24) is 20.6 Å². The fourth-order valence-electron chi connectivity index (χ4n) is 2.59. The molecule has 0 atom stereocenters. The van der Waals surface area contributed by atoms with E-state index < -0.39 is 0 Å². The highest BCUT2D eigenvalue weighted by atomic mass is 32.1. The molecule has 1 heterocycles. The van der Waals surface area contributed by atoms with Crippen molar-refractivity contribution in [1.29, 1.82) is 0 Å². The van der Waals surface area contributed by atoms with Gasteiger partial charge in [-0.3, -0.25) is 15.6 Å². The number of amides is 1. The van der Waals surface area contributed by atoms with Crippen molar-refractivity contribution >= 4 is 35.0 Å². The van der Waals surface area contributed by atoms with E-state index in [-0.39, 0.29) is 5.91 Å². The number of benzene rings is 2. The van der Waals surface area contributed by atoms with Gasteiger partial charge in [0.25, 0.3) is 5.91 Å². The molecular weight excluding hydrogens is 382 g/mol. The van der Waals surface area contributed by atoms with Crippen molar-refractivity contribution in [2.45, 2.75) is 19.8 Å². The number of para-hydroxylation sites is 1. The average Bonchev–Trinajstić information content (AvgIpc) is 3.21. The van der Waals surface area contributed by atoms with Gasteiger partial charge in [0.1, 0.15) is 0 Å². The summed E-state index contributed by atoms with van der Waals surface area (Å²) in [6.07, 6.45) is 6.64. The quantitative estimate of drug-likeness (QED) is 0.340. The van der Waals surface area contributed by atoms with Gasteiger partial charge in [-0.15, -0.1) is 0 Å². The Balaban J connectivity index is 1.47. The van der Waals surface area contributed by atoms with E-state index in [4.69, 9.17) is 12.2 Å². The van der Waals surface area contributed by atoms with Crippen molar-refractivity contribution < 1.29 is 4.79 Å². The lowest BCUT2D eigenvalue weighted by molar-refractivity contribution is -0.116. The summed E-state index contributed by atoms with van der Waals surface area (Å²) >= 11 is 5.20. The average molecular weight is 406 g/mol. The van der Waals surface area contributed by atoms with Crippen LogP contribution in [0.15, 0.2) is 73.1 Å². The molecule has 0 spiro atoms. The molecule has 0 fully saturated rings. The number of thiocarbonyl (C=S) groups is 1. The summed E-state index contributed by atoms with van der Waals surface area (Å²) in [4.78, 5) is 12.0. The van der Waals surface area contributed by atoms with Gasteiger partial charge in [-0.05, 0) is 54.0 Å². The van der Waals surface area contributed by atoms with Crippen LogP contribution in [0.25, 0.3) is 11.8 Å². The Hall–Kier alpha value is -3.45. The minimum absolute atomic E-state index is 0.306. The molecule has 0 bridgehead atoms. The summed E-state index contributed by atoms with van der Waals surface area (Å²) in [5, 5.41) is 7.62. The van der Waals surface area contributed by atoms with Gasteiger partial charge in [0.05, 0.1) is 11.9 Å². The van der Waals surface area contributed by atoms with Crippen LogP contribution in [0.2, 0.25) is 0 Å². The zero-order valence-electron chi connectivity index (χ0n) is 16.3. The summed E-state index contributed by atoms with van der Waals surface area (Å²) in [5.74, 6) is 0.150. The van der Waals surface area contributed by atoms with E-state index >= 15 is 0 Å². The van der Waals surface area contributed by atoms with E-state index in [0.717, 1.165) is 16.9 Å². The Bertz CT molecular complexity index is 994. The molecule has 0 unspecified atom stereocenters. The lowest BCUT2D eigenvalue weighted by Gasteiger charge is -2.11. The van der Waals surface area contributed by atoms with Crippen LogP contribution in [0.3, 0.4) is 0 Å². The second-order valence-corrected chi connectivity index (χ2v) is 7.14. The largest absolute Gasteiger partial charge is 0.331 e. The Labute approximate surface area is 175 Å². The van der Waals surface area contributed by atoms with Crippen molar-refractivity contribution in [3.8, 4) is 5.69 Å². The van der Waals surface area contributed by atoms with Crippen LogP contribution in [-0.2, 0) is 4.79 Å². The molecule has 2 aromatic carbocycles. The third kappa shape index (κ3) is 6.02. The Kier molecular flexibility index (Phi) is 6.76. The molecule has 0 aliphatic rings. The van der Waals surface area contributed by atoms with Crippen LogP contribution in [0.4, 0.5) is 5.69 Å². The molecule has 7 heteroatoms. The number of anilines is 1. The first-order chi connectivity index (χ1) is 14.0. The van der Waals surface area contributed by atoms with Crippen molar-refractivity contribution in [2.75, 3.05) is 5.32 Å². The van der Waals surface area contributed by atoms with Crippen molar-refractivity contribution in [2.24, 2.45) is 0 Å². The number of carbonyl (C=O) groups is 1. The lowest BCUT2D eigenvalue weighted by atomic mass is 10.0. The van der Waals surface area contributed by atoms with Gasteiger partial charge in [0.2, 0.25) is 0 Å². The number of hydrogen-bond donors (Lipinski definition) is 3. The molecule has 148 valence electrons. The van der Waals surface area contributed by atoms with Gasteiger partial charge in [0, 0.05) is 23.5 Å². The molecular formula is C22H23N5OS. The molecule has 3 rings (SSSR count). The van der Waals surface area contributed by atoms with E-state index in [1.54, 1.807) is 17.0 Å². The monoisotopic (exact) mass is 405 g/mol. The van der Waals surface area contributed by atoms with E-state index in [0.29, 0.717) is 11.0 Å². The molecule has 0 aliphatic heterocycles. The smallest absolute Gasteiger partial charge is 0.262 e. The van der Waals surface area contributed by atoms with E-state index in [2.05, 4.69) is 35.1 Å². The van der Waals surface area contributed by atoms with Gasteiger partial charge < -0.3 is 5.32 Å². The number of nitrogens with zero attached hydrogens (tertiary/aromatic N) is 2. The lowest BCUT2D eigenvalue weighted by Crippen LogP contribution is -2.43. The Morgan fingerprint density at radius 2 is 1.79 bits per heavy atom. The summed E-state index contributed by atoms with van der Waals surface area (Å²) in [5.41, 5.74) is 9.09. The van der Waals surface area contributed by atoms with Gasteiger partial charge in [-0.25, -0.2) is 4.68 Å².